The third-order valence-corrected chi connectivity index (χ3v) is 3.77. The van der Waals surface area contributed by atoms with Crippen molar-refractivity contribution in [1.82, 2.24) is 4.90 Å². The van der Waals surface area contributed by atoms with Crippen LogP contribution in [0.25, 0.3) is 0 Å². The van der Waals surface area contributed by atoms with E-state index in [0.717, 1.165) is 0 Å². The Balaban J connectivity index is 1.91. The lowest BCUT2D eigenvalue weighted by Crippen LogP contribution is -2.25. The summed E-state index contributed by atoms with van der Waals surface area (Å²) in [7, 11) is 0. The predicted octanol–water partition coefficient (Wildman–Crippen LogP) is 2.61. The lowest BCUT2D eigenvalue weighted by Gasteiger charge is -2.13. The average molecular weight is 344 g/mol. The van der Waals surface area contributed by atoms with Crippen LogP contribution in [0.5, 0.6) is 0 Å². The van der Waals surface area contributed by atoms with E-state index < -0.39 is 11.8 Å². The van der Waals surface area contributed by atoms with Gasteiger partial charge in [-0.15, -0.1) is 0 Å². The van der Waals surface area contributed by atoms with Gasteiger partial charge in [0.05, 0.1) is 12.2 Å². The second-order valence-electron chi connectivity index (χ2n) is 4.73. The molecule has 4 nitrogen and oxygen atoms in total. The molecule has 1 atom stereocenters. The summed E-state index contributed by atoms with van der Waals surface area (Å²) < 4.78 is 19.2. The molecule has 1 aromatic carbocycles. The van der Waals surface area contributed by atoms with Gasteiger partial charge in [-0.25, -0.2) is 9.18 Å². The maximum absolute atomic E-state index is 13.6. The van der Waals surface area contributed by atoms with Crippen molar-refractivity contribution < 1.29 is 18.7 Å². The normalized spacial score (nSPS) is 18.4. The van der Waals surface area contributed by atoms with Crippen LogP contribution >= 0.6 is 15.9 Å². The van der Waals surface area contributed by atoms with Crippen LogP contribution in [0.3, 0.4) is 0 Å². The highest BCUT2D eigenvalue weighted by atomic mass is 79.9. The highest BCUT2D eigenvalue weighted by Gasteiger charge is 2.29. The molecule has 0 bridgehead atoms. The number of ether oxygens (including phenoxy) is 1. The number of rotatable bonds is 4. The summed E-state index contributed by atoms with van der Waals surface area (Å²) in [5.74, 6) is -1.26. The molecule has 20 heavy (non-hydrogen) atoms. The van der Waals surface area contributed by atoms with Crippen LogP contribution < -0.4 is 0 Å². The van der Waals surface area contributed by atoms with Gasteiger partial charge in [0.25, 0.3) is 0 Å². The fraction of sp³-hybridized carbons (Fsp3) is 0.429. The zero-order chi connectivity index (χ0) is 14.7. The van der Waals surface area contributed by atoms with Crippen molar-refractivity contribution in [3.8, 4) is 0 Å². The Morgan fingerprint density at radius 2 is 2.30 bits per heavy atom. The van der Waals surface area contributed by atoms with Crippen LogP contribution in [0.4, 0.5) is 4.39 Å². The molecule has 0 aliphatic carbocycles. The molecule has 2 rings (SSSR count). The fourth-order valence-corrected chi connectivity index (χ4v) is 2.53. The smallest absolute Gasteiger partial charge is 0.341 e. The molecule has 0 radical (unpaired) electrons. The molecular weight excluding hydrogens is 329 g/mol. The van der Waals surface area contributed by atoms with Gasteiger partial charge >= 0.3 is 5.97 Å². The maximum atomic E-state index is 13.6. The molecule has 1 fully saturated rings. The fourth-order valence-electron chi connectivity index (χ4n) is 2.20. The number of likely N-dealkylation sites (tertiary alicyclic amines) is 1. The standard InChI is InChI=1S/C14H15BrFNO3/c1-2-17-7-9(5-13(17)18)8-20-14(19)11-4-3-10(15)6-12(11)16/h3-4,6,9H,2,5,7-8H2,1H3/t9-/m0/s1. The number of carbonyl (C=O) groups is 2. The first-order chi connectivity index (χ1) is 9.51. The Kier molecular flexibility index (Phi) is 4.75. The Morgan fingerprint density at radius 1 is 1.55 bits per heavy atom. The number of amides is 1. The van der Waals surface area contributed by atoms with E-state index in [0.29, 0.717) is 24.0 Å². The minimum atomic E-state index is -0.697. The Bertz CT molecular complexity index is 535. The van der Waals surface area contributed by atoms with Gasteiger partial charge in [-0.05, 0) is 25.1 Å². The van der Waals surface area contributed by atoms with Crippen molar-refractivity contribution >= 4 is 27.8 Å². The molecule has 0 N–H and O–H groups in total. The molecule has 1 aliphatic rings. The van der Waals surface area contributed by atoms with E-state index in [4.69, 9.17) is 4.74 Å². The number of esters is 1. The van der Waals surface area contributed by atoms with Crippen molar-refractivity contribution in [2.24, 2.45) is 5.92 Å². The quantitative estimate of drug-likeness (QED) is 0.789. The van der Waals surface area contributed by atoms with Crippen LogP contribution in [-0.2, 0) is 9.53 Å². The van der Waals surface area contributed by atoms with Gasteiger partial charge in [0.2, 0.25) is 5.91 Å². The number of carbonyl (C=O) groups excluding carboxylic acids is 2. The third-order valence-electron chi connectivity index (χ3n) is 3.28. The predicted molar refractivity (Wildman–Crippen MR) is 74.7 cm³/mol. The second kappa shape index (κ2) is 6.35. The van der Waals surface area contributed by atoms with E-state index in [2.05, 4.69) is 15.9 Å². The van der Waals surface area contributed by atoms with Crippen LogP contribution in [0, 0.1) is 11.7 Å². The number of nitrogens with zero attached hydrogens (tertiary/aromatic N) is 1. The Labute approximate surface area is 125 Å². The van der Waals surface area contributed by atoms with Gasteiger partial charge in [0.15, 0.2) is 0 Å². The number of benzene rings is 1. The minimum Gasteiger partial charge on any atom is -0.462 e. The number of hydrogen-bond donors (Lipinski definition) is 0. The van der Waals surface area contributed by atoms with Gasteiger partial charge in [-0.1, -0.05) is 15.9 Å². The zero-order valence-electron chi connectivity index (χ0n) is 11.1. The summed E-state index contributed by atoms with van der Waals surface area (Å²) in [6, 6.07) is 4.17. The van der Waals surface area contributed by atoms with Crippen LogP contribution in [0.2, 0.25) is 0 Å². The Hall–Kier alpha value is -1.43. The first kappa shape index (κ1) is 15.0. The zero-order valence-corrected chi connectivity index (χ0v) is 12.7. The minimum absolute atomic E-state index is 0.00934. The van der Waals surface area contributed by atoms with Gasteiger partial charge in [-0.3, -0.25) is 4.79 Å². The molecule has 1 aromatic rings. The summed E-state index contributed by atoms with van der Waals surface area (Å²) in [4.78, 5) is 25.1. The van der Waals surface area contributed by atoms with Gasteiger partial charge in [0.1, 0.15) is 5.82 Å². The molecule has 1 amide bonds. The Morgan fingerprint density at radius 3 is 2.90 bits per heavy atom. The van der Waals surface area contributed by atoms with Crippen LogP contribution in [-0.4, -0.2) is 36.5 Å². The molecular formula is C14H15BrFNO3. The molecule has 0 saturated carbocycles. The molecule has 0 aromatic heterocycles. The van der Waals surface area contributed by atoms with Crippen LogP contribution in [0.15, 0.2) is 22.7 Å². The molecule has 1 saturated heterocycles. The van der Waals surface area contributed by atoms with E-state index in [9.17, 15) is 14.0 Å². The summed E-state index contributed by atoms with van der Waals surface area (Å²) >= 11 is 3.12. The molecule has 108 valence electrons. The molecule has 6 heteroatoms. The van der Waals surface area contributed by atoms with Gasteiger partial charge in [-0.2, -0.15) is 0 Å². The van der Waals surface area contributed by atoms with Crippen molar-refractivity contribution in [3.05, 3.63) is 34.1 Å². The van der Waals surface area contributed by atoms with Gasteiger partial charge < -0.3 is 9.64 Å². The second-order valence-corrected chi connectivity index (χ2v) is 5.64. The molecule has 1 aliphatic heterocycles. The molecule has 0 spiro atoms. The van der Waals surface area contributed by atoms with E-state index in [-0.39, 0.29) is 24.0 Å². The number of halogens is 2. The number of hydrogen-bond acceptors (Lipinski definition) is 3. The summed E-state index contributed by atoms with van der Waals surface area (Å²) in [6.45, 7) is 3.29. The average Bonchev–Trinajstić information content (AvgIpc) is 2.76. The SMILES string of the molecule is CCN1C[C@@H](COC(=O)c2ccc(Br)cc2F)CC1=O. The van der Waals surface area contributed by atoms with E-state index in [1.165, 1.54) is 12.1 Å². The largest absolute Gasteiger partial charge is 0.462 e. The van der Waals surface area contributed by atoms with E-state index in [1.807, 2.05) is 6.92 Å². The maximum Gasteiger partial charge on any atom is 0.341 e. The summed E-state index contributed by atoms with van der Waals surface area (Å²) in [6.07, 6.45) is 0.379. The van der Waals surface area contributed by atoms with E-state index >= 15 is 0 Å². The third kappa shape index (κ3) is 3.36. The highest BCUT2D eigenvalue weighted by molar-refractivity contribution is 9.10. The monoisotopic (exact) mass is 343 g/mol. The first-order valence-corrected chi connectivity index (χ1v) is 7.20. The molecule has 0 unspecified atom stereocenters. The van der Waals surface area contributed by atoms with Crippen molar-refractivity contribution in [3.63, 3.8) is 0 Å². The van der Waals surface area contributed by atoms with Gasteiger partial charge in [0, 0.05) is 29.9 Å². The van der Waals surface area contributed by atoms with Crippen molar-refractivity contribution in [2.75, 3.05) is 19.7 Å². The summed E-state index contributed by atoms with van der Waals surface area (Å²) in [5.41, 5.74) is -0.0927. The lowest BCUT2D eigenvalue weighted by molar-refractivity contribution is -0.127. The lowest BCUT2D eigenvalue weighted by atomic mass is 10.1. The highest BCUT2D eigenvalue weighted by Crippen LogP contribution is 2.19. The topological polar surface area (TPSA) is 46.6 Å². The van der Waals surface area contributed by atoms with Crippen molar-refractivity contribution in [2.45, 2.75) is 13.3 Å². The molecule has 1 heterocycles. The van der Waals surface area contributed by atoms with E-state index in [1.54, 1.807) is 11.0 Å². The van der Waals surface area contributed by atoms with Crippen molar-refractivity contribution in [1.29, 1.82) is 0 Å². The van der Waals surface area contributed by atoms with Crippen LogP contribution in [0.1, 0.15) is 23.7 Å². The first-order valence-electron chi connectivity index (χ1n) is 6.41. The summed E-state index contributed by atoms with van der Waals surface area (Å²) in [5, 5.41) is 0.